The zero-order valence-electron chi connectivity index (χ0n) is 39.0. The van der Waals surface area contributed by atoms with Crippen LogP contribution in [-0.2, 0) is 28.7 Å². The molecular formula is C50H56F4N10O5S. The number of hydrogen-bond acceptors (Lipinski definition) is 11. The molecule has 4 amide bonds. The Hall–Kier alpha value is -6.56. The lowest BCUT2D eigenvalue weighted by molar-refractivity contribution is -0.138. The summed E-state index contributed by atoms with van der Waals surface area (Å²) in [4.78, 5) is 67.0. The molecule has 70 heavy (non-hydrogen) atoms. The van der Waals surface area contributed by atoms with Crippen molar-refractivity contribution in [2.45, 2.75) is 102 Å². The summed E-state index contributed by atoms with van der Waals surface area (Å²) in [6, 6.07) is 18.0. The number of rotatable bonds is 18. The predicted molar refractivity (Wildman–Crippen MR) is 258 cm³/mol. The highest BCUT2D eigenvalue weighted by Gasteiger charge is 2.51. The van der Waals surface area contributed by atoms with Crippen molar-refractivity contribution in [2.24, 2.45) is 0 Å². The van der Waals surface area contributed by atoms with Crippen LogP contribution in [0.4, 0.5) is 34.8 Å². The first-order valence-corrected chi connectivity index (χ1v) is 23.8. The third-order valence-electron chi connectivity index (χ3n) is 12.9. The lowest BCUT2D eigenvalue weighted by atomic mass is 10.00. The summed E-state index contributed by atoms with van der Waals surface area (Å²) in [5, 5.41) is 28.5. The first-order valence-electron chi connectivity index (χ1n) is 23.4. The van der Waals surface area contributed by atoms with Crippen LogP contribution in [0.25, 0.3) is 0 Å². The second kappa shape index (κ2) is 22.5. The Labute approximate surface area is 409 Å². The summed E-state index contributed by atoms with van der Waals surface area (Å²) >= 11 is 5.53. The van der Waals surface area contributed by atoms with Crippen molar-refractivity contribution in [3.8, 4) is 6.07 Å². The zero-order chi connectivity index (χ0) is 50.2. The molecule has 20 heteroatoms. The molecule has 0 saturated carbocycles. The molecule has 1 atom stereocenters. The van der Waals surface area contributed by atoms with Crippen LogP contribution in [-0.4, -0.2) is 111 Å². The number of carbonyl (C=O) groups excluding carboxylic acids is 4. The fraction of sp³-hybridized carbons (Fsp3) is 0.440. The largest absolute Gasteiger partial charge is 0.417 e. The molecule has 2 saturated heterocycles. The minimum Gasteiger partial charge on any atom is -0.390 e. The smallest absolute Gasteiger partial charge is 0.390 e. The first kappa shape index (κ1) is 51.3. The number of carbonyl (C=O) groups is 4. The van der Waals surface area contributed by atoms with E-state index in [1.807, 2.05) is 17.0 Å². The number of alkyl halides is 3. The summed E-state index contributed by atoms with van der Waals surface area (Å²) in [6.07, 6.45) is 2.33. The van der Waals surface area contributed by atoms with E-state index in [2.05, 4.69) is 43.0 Å². The van der Waals surface area contributed by atoms with Crippen LogP contribution in [0.5, 0.6) is 0 Å². The Morgan fingerprint density at radius 2 is 1.63 bits per heavy atom. The van der Waals surface area contributed by atoms with Gasteiger partial charge in [0.1, 0.15) is 29.2 Å². The summed E-state index contributed by atoms with van der Waals surface area (Å²) < 4.78 is 56.6. The average molecular weight is 985 g/mol. The Morgan fingerprint density at radius 3 is 2.36 bits per heavy atom. The molecule has 4 N–H and O–H groups in total. The van der Waals surface area contributed by atoms with Gasteiger partial charge in [0, 0.05) is 70.0 Å². The van der Waals surface area contributed by atoms with Crippen molar-refractivity contribution in [3.63, 3.8) is 0 Å². The Bertz CT molecular complexity index is 2640. The van der Waals surface area contributed by atoms with E-state index in [9.17, 15) is 42.7 Å². The molecular weight excluding hydrogens is 929 g/mol. The van der Waals surface area contributed by atoms with Gasteiger partial charge in [-0.05, 0) is 106 Å². The highest BCUT2D eigenvalue weighted by atomic mass is 32.1. The van der Waals surface area contributed by atoms with E-state index < -0.39 is 52.5 Å². The lowest BCUT2D eigenvalue weighted by Crippen LogP contribution is -2.44. The Morgan fingerprint density at radius 1 is 0.914 bits per heavy atom. The molecule has 370 valence electrons. The van der Waals surface area contributed by atoms with Gasteiger partial charge >= 0.3 is 6.18 Å². The van der Waals surface area contributed by atoms with Crippen LogP contribution >= 0.6 is 12.2 Å². The van der Waals surface area contributed by atoms with Gasteiger partial charge in [-0.3, -0.25) is 29.0 Å². The number of nitrogens with one attached hydrogen (secondary N) is 3. The van der Waals surface area contributed by atoms with Crippen LogP contribution < -0.4 is 25.8 Å². The number of β-amino-alcohol motifs (C(OH)–C–C–N with tert-alkyl or cyclic N) is 1. The lowest BCUT2D eigenvalue weighted by Gasteiger charge is -2.32. The van der Waals surface area contributed by atoms with Gasteiger partial charge < -0.3 is 30.9 Å². The molecule has 3 aliphatic rings. The summed E-state index contributed by atoms with van der Waals surface area (Å²) in [5.74, 6) is -1.98. The number of anilines is 3. The first-order chi connectivity index (χ1) is 33.4. The number of amides is 4. The summed E-state index contributed by atoms with van der Waals surface area (Å²) in [6.45, 7) is 6.62. The molecule has 15 nitrogen and oxygen atoms in total. The number of likely N-dealkylation sites (tertiary alicyclic amines) is 1. The molecule has 3 aromatic carbocycles. The van der Waals surface area contributed by atoms with Gasteiger partial charge in [0.2, 0.25) is 5.91 Å². The number of halogens is 4. The Kier molecular flexibility index (Phi) is 16.5. The maximum absolute atomic E-state index is 15.4. The van der Waals surface area contributed by atoms with Gasteiger partial charge in [-0.15, -0.1) is 0 Å². The second-order valence-corrected chi connectivity index (χ2v) is 18.7. The zero-order valence-corrected chi connectivity index (χ0v) is 39.8. The number of aromatic nitrogens is 2. The van der Waals surface area contributed by atoms with E-state index in [1.165, 1.54) is 60.5 Å². The van der Waals surface area contributed by atoms with Crippen LogP contribution in [0.1, 0.15) is 108 Å². The van der Waals surface area contributed by atoms with Crippen molar-refractivity contribution >= 4 is 58.2 Å². The minimum atomic E-state index is -4.86. The summed E-state index contributed by atoms with van der Waals surface area (Å²) in [5.41, 5.74) is -0.807. The normalized spacial score (nSPS) is 16.7. The molecule has 4 heterocycles. The van der Waals surface area contributed by atoms with Crippen LogP contribution in [0, 0.1) is 17.1 Å². The summed E-state index contributed by atoms with van der Waals surface area (Å²) in [7, 11) is 0. The molecule has 0 bridgehead atoms. The van der Waals surface area contributed by atoms with Crippen LogP contribution in [0.15, 0.2) is 73.1 Å². The van der Waals surface area contributed by atoms with Gasteiger partial charge in [-0.1, -0.05) is 43.5 Å². The molecule has 0 unspecified atom stereocenters. The van der Waals surface area contributed by atoms with Gasteiger partial charge in [-0.2, -0.15) is 18.4 Å². The van der Waals surface area contributed by atoms with Crippen molar-refractivity contribution in [2.75, 3.05) is 54.4 Å². The molecule has 0 radical (unpaired) electrons. The number of unbranched alkanes of at least 4 members (excludes halogenated alkanes) is 4. The topological polar surface area (TPSA) is 187 Å². The maximum Gasteiger partial charge on any atom is 0.417 e. The minimum absolute atomic E-state index is 0.0631. The third-order valence-corrected chi connectivity index (χ3v) is 13.3. The van der Waals surface area contributed by atoms with E-state index in [-0.39, 0.29) is 46.2 Å². The number of nitriles is 1. The van der Waals surface area contributed by atoms with E-state index >= 15 is 4.39 Å². The molecule has 3 aliphatic heterocycles. The van der Waals surface area contributed by atoms with Gasteiger partial charge in [0.05, 0.1) is 34.6 Å². The number of fused-ring (bicyclic) bond motifs is 1. The van der Waals surface area contributed by atoms with Crippen LogP contribution in [0.2, 0.25) is 0 Å². The van der Waals surface area contributed by atoms with Crippen molar-refractivity contribution in [1.29, 1.82) is 5.26 Å². The molecule has 7 rings (SSSR count). The number of thiocarbonyl (C=S) groups is 1. The van der Waals surface area contributed by atoms with Crippen LogP contribution in [0.3, 0.4) is 0 Å². The highest BCUT2D eigenvalue weighted by Crippen LogP contribution is 2.40. The van der Waals surface area contributed by atoms with Gasteiger partial charge in [-0.25, -0.2) is 14.4 Å². The quantitative estimate of drug-likeness (QED) is 0.0468. The van der Waals surface area contributed by atoms with E-state index in [0.717, 1.165) is 62.2 Å². The predicted octanol–water partition coefficient (Wildman–Crippen LogP) is 6.75. The molecule has 1 aromatic heterocycles. The standard InChI is InChI=1S/C50H56F4N10O5S/c1-49(2)47(69)63(36-14-13-33(27-55)40(24-36)50(52,53)54)48(70)64(49)37-15-16-39(41(51)25-37)45(67)56-20-9-5-3-4-6-12-44(66)62-22-18-35(19-23-62)60-43-26-42(58-31-59-43)46(68)57-28-38(65)30-61-21-17-32-10-7-8-11-34(32)29-61/h7-8,10-11,13-16,24-26,31,35,38,65H,3-6,9,12,17-23,28-30H2,1-2H3,(H,56,67)(H,57,68)(H,58,59,60)/t38-/m0/s1. The molecule has 0 aliphatic carbocycles. The number of piperidine rings is 1. The van der Waals surface area contributed by atoms with E-state index in [0.29, 0.717) is 63.7 Å². The van der Waals surface area contributed by atoms with Gasteiger partial charge in [0.25, 0.3) is 17.7 Å². The molecule has 0 spiro atoms. The molecule has 2 fully saturated rings. The third kappa shape index (κ3) is 12.2. The number of nitrogens with zero attached hydrogens (tertiary/aromatic N) is 7. The number of aliphatic hydroxyl groups is 1. The SMILES string of the molecule is CC1(C)C(=O)N(c2ccc(C#N)c(C(F)(F)F)c2)C(=S)N1c1ccc(C(=O)NCCCCCCCC(=O)N2CCC(Nc3cc(C(=O)NC[C@H](O)CN4CCc5ccccc5C4)ncn3)CC2)c(F)c1. The fourth-order valence-corrected chi connectivity index (χ4v) is 9.61. The highest BCUT2D eigenvalue weighted by molar-refractivity contribution is 7.81. The average Bonchev–Trinajstić information content (AvgIpc) is 3.52. The van der Waals surface area contributed by atoms with Gasteiger partial charge in [0.15, 0.2) is 5.11 Å². The maximum atomic E-state index is 15.4. The number of hydrogen-bond donors (Lipinski definition) is 4. The number of benzene rings is 3. The number of aliphatic hydroxyl groups excluding tert-OH is 1. The van der Waals surface area contributed by atoms with E-state index in [4.69, 9.17) is 12.2 Å². The second-order valence-electron chi connectivity index (χ2n) is 18.3. The van der Waals surface area contributed by atoms with Crippen molar-refractivity contribution in [1.82, 2.24) is 30.4 Å². The van der Waals surface area contributed by atoms with Crippen molar-refractivity contribution < 1.29 is 41.8 Å². The monoisotopic (exact) mass is 984 g/mol. The Balaban J connectivity index is 0.766. The van der Waals surface area contributed by atoms with Crippen molar-refractivity contribution in [3.05, 3.63) is 112 Å². The van der Waals surface area contributed by atoms with E-state index in [1.54, 1.807) is 6.07 Å². The fourth-order valence-electron chi connectivity index (χ4n) is 9.09. The molecule has 4 aromatic rings.